The first-order chi connectivity index (χ1) is 19.0. The molecule has 0 aliphatic carbocycles. The second-order valence-corrected chi connectivity index (χ2v) is 10.5. The fourth-order valence-electron chi connectivity index (χ4n) is 3.77. The minimum atomic E-state index is -1.14. The first-order valence-electron chi connectivity index (χ1n) is 12.8. The Kier molecular flexibility index (Phi) is 10.5. The van der Waals surface area contributed by atoms with Crippen molar-refractivity contribution >= 4 is 46.8 Å². The van der Waals surface area contributed by atoms with E-state index in [-0.39, 0.29) is 12.3 Å². The lowest BCUT2D eigenvalue weighted by atomic mass is 9.99. The van der Waals surface area contributed by atoms with Gasteiger partial charge in [-0.15, -0.1) is 0 Å². The van der Waals surface area contributed by atoms with Gasteiger partial charge in [-0.25, -0.2) is 4.79 Å². The summed E-state index contributed by atoms with van der Waals surface area (Å²) in [5.74, 6) is -0.677. The zero-order chi connectivity index (χ0) is 29.3. The summed E-state index contributed by atoms with van der Waals surface area (Å²) in [5, 5.41) is 18.2. The number of carbonyl (C=O) groups is 3. The summed E-state index contributed by atoms with van der Waals surface area (Å²) < 4.78 is 5.13. The SMILES string of the molecule is Cc1ccccc1C(=O)c1ccc(Nc2ccccc2/C=C/CNC(=O)[C@@H](CO)NC(=O)OC(C)(C)C)cc1Cl. The van der Waals surface area contributed by atoms with Crippen molar-refractivity contribution in [3.63, 3.8) is 0 Å². The van der Waals surface area contributed by atoms with Crippen molar-refractivity contribution < 1.29 is 24.2 Å². The summed E-state index contributed by atoms with van der Waals surface area (Å²) in [4.78, 5) is 37.3. The van der Waals surface area contributed by atoms with Crippen LogP contribution in [0, 0.1) is 6.92 Å². The lowest BCUT2D eigenvalue weighted by Crippen LogP contribution is -2.50. The fraction of sp³-hybridized carbons (Fsp3) is 0.258. The summed E-state index contributed by atoms with van der Waals surface area (Å²) in [6, 6.07) is 19.0. The van der Waals surface area contributed by atoms with Crippen molar-refractivity contribution in [1.29, 1.82) is 0 Å². The molecule has 0 aliphatic rings. The Balaban J connectivity index is 1.63. The smallest absolute Gasteiger partial charge is 0.408 e. The van der Waals surface area contributed by atoms with Crippen LogP contribution in [0.5, 0.6) is 0 Å². The van der Waals surface area contributed by atoms with Gasteiger partial charge in [-0.1, -0.05) is 66.2 Å². The van der Waals surface area contributed by atoms with Crippen LogP contribution in [-0.4, -0.2) is 47.7 Å². The number of benzene rings is 3. The van der Waals surface area contributed by atoms with Crippen molar-refractivity contribution in [2.45, 2.75) is 39.3 Å². The van der Waals surface area contributed by atoms with Gasteiger partial charge in [0.2, 0.25) is 5.91 Å². The van der Waals surface area contributed by atoms with Gasteiger partial charge in [-0.05, 0) is 63.1 Å². The third kappa shape index (κ3) is 8.69. The molecule has 1 atom stereocenters. The average Bonchev–Trinajstić information content (AvgIpc) is 2.89. The van der Waals surface area contributed by atoms with Gasteiger partial charge in [0.05, 0.1) is 11.6 Å². The molecule has 0 aromatic heterocycles. The maximum Gasteiger partial charge on any atom is 0.408 e. The Morgan fingerprint density at radius 3 is 2.38 bits per heavy atom. The van der Waals surface area contributed by atoms with Crippen molar-refractivity contribution in [1.82, 2.24) is 10.6 Å². The maximum atomic E-state index is 13.0. The molecule has 0 saturated heterocycles. The molecular formula is C31H34ClN3O5. The van der Waals surface area contributed by atoms with Crippen molar-refractivity contribution in [2.24, 2.45) is 0 Å². The molecule has 3 aromatic rings. The highest BCUT2D eigenvalue weighted by Gasteiger charge is 2.23. The van der Waals surface area contributed by atoms with E-state index in [1.807, 2.05) is 55.5 Å². The number of rotatable bonds is 10. The number of alkyl carbamates (subject to hydrolysis) is 1. The third-order valence-electron chi connectivity index (χ3n) is 5.72. The Labute approximate surface area is 239 Å². The van der Waals surface area contributed by atoms with Crippen LogP contribution < -0.4 is 16.0 Å². The molecule has 40 heavy (non-hydrogen) atoms. The standard InChI is InChI=1S/C31H34ClN3O5/c1-20-10-5-7-13-23(20)28(37)24-16-15-22(18-25(24)32)34-26-14-8-6-11-21(26)12-9-17-33-29(38)27(19-36)35-30(39)40-31(2,3)4/h5-16,18,27,34,36H,17,19H2,1-4H3,(H,33,38)(H,35,39)/b12-9+/t27-/m1/s1. The molecule has 3 aromatic carbocycles. The lowest BCUT2D eigenvalue weighted by molar-refractivity contribution is -0.123. The van der Waals surface area contributed by atoms with Gasteiger partial charge in [0.25, 0.3) is 0 Å². The van der Waals surface area contributed by atoms with Gasteiger partial charge < -0.3 is 25.8 Å². The maximum absolute atomic E-state index is 13.0. The van der Waals surface area contributed by atoms with Crippen LogP contribution in [0.4, 0.5) is 16.2 Å². The lowest BCUT2D eigenvalue weighted by Gasteiger charge is -2.22. The Morgan fingerprint density at radius 1 is 1.00 bits per heavy atom. The minimum absolute atomic E-state index is 0.134. The Morgan fingerprint density at radius 2 is 1.70 bits per heavy atom. The first kappa shape index (κ1) is 30.4. The van der Waals surface area contributed by atoms with Crippen molar-refractivity contribution in [2.75, 3.05) is 18.5 Å². The van der Waals surface area contributed by atoms with Gasteiger partial charge in [-0.2, -0.15) is 0 Å². The normalized spacial score (nSPS) is 12.1. The number of aliphatic hydroxyl groups excluding tert-OH is 1. The molecule has 9 heteroatoms. The highest BCUT2D eigenvalue weighted by Crippen LogP contribution is 2.28. The van der Waals surface area contributed by atoms with Crippen LogP contribution in [0.2, 0.25) is 5.02 Å². The van der Waals surface area contributed by atoms with E-state index in [0.29, 0.717) is 21.8 Å². The molecule has 0 bridgehead atoms. The third-order valence-corrected chi connectivity index (χ3v) is 6.04. The number of carbonyl (C=O) groups excluding carboxylic acids is 3. The molecule has 8 nitrogen and oxygen atoms in total. The number of hydrogen-bond acceptors (Lipinski definition) is 6. The Bertz CT molecular complexity index is 1400. The van der Waals surface area contributed by atoms with Gasteiger partial charge in [0.15, 0.2) is 5.78 Å². The van der Waals surface area contributed by atoms with Crippen LogP contribution in [0.15, 0.2) is 72.8 Å². The zero-order valence-corrected chi connectivity index (χ0v) is 23.7. The average molecular weight is 564 g/mol. The monoisotopic (exact) mass is 563 g/mol. The second kappa shape index (κ2) is 13.8. The number of halogens is 1. The van der Waals surface area contributed by atoms with E-state index in [4.69, 9.17) is 16.3 Å². The summed E-state index contributed by atoms with van der Waals surface area (Å²) in [7, 11) is 0. The van der Waals surface area contributed by atoms with E-state index in [1.165, 1.54) is 0 Å². The quantitative estimate of drug-likeness (QED) is 0.237. The molecule has 210 valence electrons. The number of ketones is 1. The second-order valence-electron chi connectivity index (χ2n) is 10.1. The molecule has 4 N–H and O–H groups in total. The fourth-order valence-corrected chi connectivity index (χ4v) is 4.04. The topological polar surface area (TPSA) is 117 Å². The highest BCUT2D eigenvalue weighted by molar-refractivity contribution is 6.35. The van der Waals surface area contributed by atoms with Crippen LogP contribution in [0.3, 0.4) is 0 Å². The molecule has 0 saturated carbocycles. The van der Waals surface area contributed by atoms with Crippen LogP contribution in [-0.2, 0) is 9.53 Å². The first-order valence-corrected chi connectivity index (χ1v) is 13.2. The Hall–Kier alpha value is -4.14. The van der Waals surface area contributed by atoms with Gasteiger partial charge >= 0.3 is 6.09 Å². The molecule has 0 aliphatic heterocycles. The van der Waals surface area contributed by atoms with E-state index in [0.717, 1.165) is 16.8 Å². The molecule has 3 rings (SSSR count). The van der Waals surface area contributed by atoms with Crippen LogP contribution in [0.1, 0.15) is 47.8 Å². The van der Waals surface area contributed by atoms with Gasteiger partial charge in [-0.3, -0.25) is 9.59 Å². The molecule has 0 fully saturated rings. The summed E-state index contributed by atoms with van der Waals surface area (Å²) >= 11 is 6.50. The molecular weight excluding hydrogens is 530 g/mol. The number of aryl methyl sites for hydroxylation is 1. The molecule has 0 spiro atoms. The summed E-state index contributed by atoms with van der Waals surface area (Å²) in [6.45, 7) is 6.60. The van der Waals surface area contributed by atoms with E-state index in [9.17, 15) is 19.5 Å². The minimum Gasteiger partial charge on any atom is -0.444 e. The summed E-state index contributed by atoms with van der Waals surface area (Å²) in [6.07, 6.45) is 2.79. The number of nitrogens with one attached hydrogen (secondary N) is 3. The number of anilines is 2. The number of hydrogen-bond donors (Lipinski definition) is 4. The van der Waals surface area contributed by atoms with Crippen molar-refractivity contribution in [3.05, 3.63) is 100 Å². The predicted octanol–water partition coefficient (Wildman–Crippen LogP) is 5.64. The van der Waals surface area contributed by atoms with Gasteiger partial charge in [0.1, 0.15) is 11.6 Å². The van der Waals surface area contributed by atoms with E-state index < -0.39 is 30.3 Å². The van der Waals surface area contributed by atoms with Crippen LogP contribution in [0.25, 0.3) is 6.08 Å². The zero-order valence-electron chi connectivity index (χ0n) is 23.0. The number of ether oxygens (including phenoxy) is 1. The largest absolute Gasteiger partial charge is 0.444 e. The van der Waals surface area contributed by atoms with E-state index in [2.05, 4.69) is 16.0 Å². The van der Waals surface area contributed by atoms with E-state index in [1.54, 1.807) is 51.1 Å². The van der Waals surface area contributed by atoms with Gasteiger partial charge in [0, 0.05) is 29.0 Å². The van der Waals surface area contributed by atoms with E-state index >= 15 is 0 Å². The van der Waals surface area contributed by atoms with Crippen molar-refractivity contribution in [3.8, 4) is 0 Å². The number of amides is 2. The predicted molar refractivity (Wildman–Crippen MR) is 158 cm³/mol. The molecule has 0 heterocycles. The highest BCUT2D eigenvalue weighted by atomic mass is 35.5. The summed E-state index contributed by atoms with van der Waals surface area (Å²) in [5.41, 5.74) is 3.54. The molecule has 0 radical (unpaired) electrons. The molecule has 0 unspecified atom stereocenters. The number of para-hydroxylation sites is 1. The number of aliphatic hydroxyl groups is 1. The molecule has 2 amide bonds. The van der Waals surface area contributed by atoms with Crippen LogP contribution >= 0.6 is 11.6 Å².